The summed E-state index contributed by atoms with van der Waals surface area (Å²) in [6.45, 7) is 6.63. The predicted molar refractivity (Wildman–Crippen MR) is 74.4 cm³/mol. The van der Waals surface area contributed by atoms with Crippen LogP contribution in [-0.4, -0.2) is 9.55 Å². The van der Waals surface area contributed by atoms with Gasteiger partial charge in [0.15, 0.2) is 0 Å². The minimum atomic E-state index is -0.119. The van der Waals surface area contributed by atoms with E-state index in [1.165, 1.54) is 5.56 Å². The second kappa shape index (κ2) is 4.58. The first-order valence-electron chi connectivity index (χ1n) is 6.22. The Morgan fingerprint density at radius 3 is 2.22 bits per heavy atom. The first-order chi connectivity index (χ1) is 8.39. The second-order valence-corrected chi connectivity index (χ2v) is 5.78. The molecular weight excluding hydrogens is 222 g/mol. The van der Waals surface area contributed by atoms with E-state index >= 15 is 0 Å². The quantitative estimate of drug-likeness (QED) is 0.881. The number of nitrogens with zero attached hydrogens (tertiary/aromatic N) is 2. The molecule has 0 saturated heterocycles. The highest BCUT2D eigenvalue weighted by Crippen LogP contribution is 2.25. The van der Waals surface area contributed by atoms with Crippen molar-refractivity contribution in [2.24, 2.45) is 12.8 Å². The molecule has 1 unspecified atom stereocenters. The summed E-state index contributed by atoms with van der Waals surface area (Å²) in [5, 5.41) is 0. The van der Waals surface area contributed by atoms with Gasteiger partial charge in [-0.15, -0.1) is 0 Å². The maximum atomic E-state index is 6.26. The third-order valence-electron chi connectivity index (χ3n) is 3.31. The van der Waals surface area contributed by atoms with Crippen molar-refractivity contribution in [2.45, 2.75) is 32.2 Å². The van der Waals surface area contributed by atoms with Crippen LogP contribution in [0, 0.1) is 0 Å². The van der Waals surface area contributed by atoms with Gasteiger partial charge in [0.1, 0.15) is 0 Å². The van der Waals surface area contributed by atoms with E-state index < -0.39 is 0 Å². The smallest absolute Gasteiger partial charge is 0.0946 e. The lowest BCUT2D eigenvalue weighted by Crippen LogP contribution is -2.16. The molecule has 1 atom stereocenters. The summed E-state index contributed by atoms with van der Waals surface area (Å²) >= 11 is 0. The van der Waals surface area contributed by atoms with Crippen LogP contribution in [0.3, 0.4) is 0 Å². The molecule has 0 aliphatic carbocycles. The zero-order chi connectivity index (χ0) is 13.3. The highest BCUT2D eigenvalue weighted by molar-refractivity contribution is 5.32. The highest BCUT2D eigenvalue weighted by atomic mass is 15.0. The average molecular weight is 243 g/mol. The maximum absolute atomic E-state index is 6.26. The summed E-state index contributed by atoms with van der Waals surface area (Å²) in [6.07, 6.45) is 3.60. The SMILES string of the molecule is Cn1cncc1C(N)c1ccc(C(C)(C)C)cc1. The van der Waals surface area contributed by atoms with Gasteiger partial charge in [-0.3, -0.25) is 0 Å². The van der Waals surface area contributed by atoms with E-state index in [0.717, 1.165) is 11.3 Å². The fraction of sp³-hybridized carbons (Fsp3) is 0.400. The molecule has 0 bridgehead atoms. The fourth-order valence-corrected chi connectivity index (χ4v) is 2.03. The van der Waals surface area contributed by atoms with Crippen molar-refractivity contribution in [3.63, 3.8) is 0 Å². The lowest BCUT2D eigenvalue weighted by atomic mass is 9.86. The number of aromatic nitrogens is 2. The molecule has 2 rings (SSSR count). The largest absolute Gasteiger partial charge is 0.336 e. The van der Waals surface area contributed by atoms with Crippen LogP contribution in [0.15, 0.2) is 36.8 Å². The van der Waals surface area contributed by atoms with Crippen molar-refractivity contribution in [3.05, 3.63) is 53.6 Å². The van der Waals surface area contributed by atoms with Crippen molar-refractivity contribution >= 4 is 0 Å². The Morgan fingerprint density at radius 2 is 1.78 bits per heavy atom. The standard InChI is InChI=1S/C15H21N3/c1-15(2,3)12-7-5-11(6-8-12)14(16)13-9-17-10-18(13)4/h5-10,14H,16H2,1-4H3. The van der Waals surface area contributed by atoms with Gasteiger partial charge in [-0.25, -0.2) is 4.98 Å². The van der Waals surface area contributed by atoms with Crippen molar-refractivity contribution in [1.29, 1.82) is 0 Å². The first kappa shape index (κ1) is 12.8. The monoisotopic (exact) mass is 243 g/mol. The molecule has 2 N–H and O–H groups in total. The molecular formula is C15H21N3. The van der Waals surface area contributed by atoms with E-state index in [4.69, 9.17) is 5.73 Å². The van der Waals surface area contributed by atoms with Crippen LogP contribution in [0.5, 0.6) is 0 Å². The van der Waals surface area contributed by atoms with Crippen LogP contribution < -0.4 is 5.73 Å². The number of hydrogen-bond donors (Lipinski definition) is 1. The number of benzene rings is 1. The normalized spacial score (nSPS) is 13.6. The Morgan fingerprint density at radius 1 is 1.17 bits per heavy atom. The van der Waals surface area contributed by atoms with E-state index in [-0.39, 0.29) is 11.5 Å². The minimum absolute atomic E-state index is 0.119. The van der Waals surface area contributed by atoms with Gasteiger partial charge in [0.05, 0.1) is 24.3 Å². The number of rotatable bonds is 2. The molecule has 3 heteroatoms. The molecule has 1 heterocycles. The lowest BCUT2D eigenvalue weighted by molar-refractivity contribution is 0.589. The van der Waals surface area contributed by atoms with E-state index in [1.54, 1.807) is 6.33 Å². The van der Waals surface area contributed by atoms with Gasteiger partial charge >= 0.3 is 0 Å². The highest BCUT2D eigenvalue weighted by Gasteiger charge is 2.16. The van der Waals surface area contributed by atoms with Gasteiger partial charge in [0, 0.05) is 7.05 Å². The van der Waals surface area contributed by atoms with E-state index in [9.17, 15) is 0 Å². The first-order valence-corrected chi connectivity index (χ1v) is 6.22. The maximum Gasteiger partial charge on any atom is 0.0946 e. The van der Waals surface area contributed by atoms with Gasteiger partial charge in [0.2, 0.25) is 0 Å². The van der Waals surface area contributed by atoms with Gasteiger partial charge < -0.3 is 10.3 Å². The second-order valence-electron chi connectivity index (χ2n) is 5.78. The Bertz CT molecular complexity index is 517. The summed E-state index contributed by atoms with van der Waals surface area (Å²) in [6, 6.07) is 8.42. The molecule has 0 aliphatic rings. The van der Waals surface area contributed by atoms with Crippen LogP contribution in [0.2, 0.25) is 0 Å². The van der Waals surface area contributed by atoms with Gasteiger partial charge in [-0.1, -0.05) is 45.0 Å². The fourth-order valence-electron chi connectivity index (χ4n) is 2.03. The van der Waals surface area contributed by atoms with Crippen LogP contribution in [0.1, 0.15) is 43.6 Å². The zero-order valence-corrected chi connectivity index (χ0v) is 11.5. The lowest BCUT2D eigenvalue weighted by Gasteiger charge is -2.20. The van der Waals surface area contributed by atoms with Crippen LogP contribution in [0.25, 0.3) is 0 Å². The summed E-state index contributed by atoms with van der Waals surface area (Å²) in [5.74, 6) is 0. The molecule has 0 spiro atoms. The van der Waals surface area contributed by atoms with E-state index in [1.807, 2.05) is 17.8 Å². The Labute approximate surface area is 109 Å². The Balaban J connectivity index is 2.28. The number of hydrogen-bond acceptors (Lipinski definition) is 2. The van der Waals surface area contributed by atoms with Crippen LogP contribution >= 0.6 is 0 Å². The molecule has 2 aromatic rings. The third kappa shape index (κ3) is 2.46. The Hall–Kier alpha value is -1.61. The third-order valence-corrected chi connectivity index (χ3v) is 3.31. The average Bonchev–Trinajstić information content (AvgIpc) is 2.73. The molecule has 1 aromatic heterocycles. The molecule has 18 heavy (non-hydrogen) atoms. The molecule has 0 aliphatic heterocycles. The summed E-state index contributed by atoms with van der Waals surface area (Å²) in [7, 11) is 1.96. The number of nitrogens with two attached hydrogens (primary N) is 1. The molecule has 0 saturated carbocycles. The molecule has 3 nitrogen and oxygen atoms in total. The van der Waals surface area contributed by atoms with Crippen LogP contribution in [0.4, 0.5) is 0 Å². The van der Waals surface area contributed by atoms with Crippen molar-refractivity contribution in [1.82, 2.24) is 9.55 Å². The van der Waals surface area contributed by atoms with Crippen LogP contribution in [-0.2, 0) is 12.5 Å². The topological polar surface area (TPSA) is 43.8 Å². The van der Waals surface area contributed by atoms with E-state index in [0.29, 0.717) is 0 Å². The minimum Gasteiger partial charge on any atom is -0.336 e. The zero-order valence-electron chi connectivity index (χ0n) is 11.5. The van der Waals surface area contributed by atoms with Crippen molar-refractivity contribution in [3.8, 4) is 0 Å². The van der Waals surface area contributed by atoms with Gasteiger partial charge in [-0.2, -0.15) is 0 Å². The van der Waals surface area contributed by atoms with Crippen molar-refractivity contribution < 1.29 is 0 Å². The molecule has 96 valence electrons. The molecule has 0 amide bonds. The number of aryl methyl sites for hydroxylation is 1. The molecule has 0 radical (unpaired) electrons. The van der Waals surface area contributed by atoms with Gasteiger partial charge in [0.25, 0.3) is 0 Å². The van der Waals surface area contributed by atoms with E-state index in [2.05, 4.69) is 50.0 Å². The molecule has 1 aromatic carbocycles. The van der Waals surface area contributed by atoms with Crippen molar-refractivity contribution in [2.75, 3.05) is 0 Å². The summed E-state index contributed by atoms with van der Waals surface area (Å²) < 4.78 is 1.96. The number of imidazole rings is 1. The van der Waals surface area contributed by atoms with Gasteiger partial charge in [-0.05, 0) is 16.5 Å². The predicted octanol–water partition coefficient (Wildman–Crippen LogP) is 2.77. The summed E-state index contributed by atoms with van der Waals surface area (Å²) in [5.41, 5.74) is 9.90. The Kier molecular flexibility index (Phi) is 3.26. The summed E-state index contributed by atoms with van der Waals surface area (Å²) in [4.78, 5) is 4.11. The molecule has 0 fully saturated rings.